The summed E-state index contributed by atoms with van der Waals surface area (Å²) in [5, 5.41) is 0. The molecule has 0 unspecified atom stereocenters. The number of hydrogen-bond acceptors (Lipinski definition) is 1. The highest BCUT2D eigenvalue weighted by molar-refractivity contribution is 5.51. The third-order valence-corrected chi connectivity index (χ3v) is 3.09. The van der Waals surface area contributed by atoms with Crippen molar-refractivity contribution in [2.75, 3.05) is 0 Å². The van der Waals surface area contributed by atoms with Crippen LogP contribution in [0, 0.1) is 11.3 Å². The Morgan fingerprint density at radius 3 is 2.83 bits per heavy atom. The van der Waals surface area contributed by atoms with Crippen molar-refractivity contribution in [3.05, 3.63) is 12.2 Å². The summed E-state index contributed by atoms with van der Waals surface area (Å²) in [6, 6.07) is 0. The maximum absolute atomic E-state index is 10.5. The summed E-state index contributed by atoms with van der Waals surface area (Å²) in [6.45, 7) is 8.53. The first kappa shape index (κ1) is 9.50. The van der Waals surface area contributed by atoms with E-state index in [1.807, 2.05) is 0 Å². The Bertz CT molecular complexity index is 191. The molecule has 0 spiro atoms. The minimum absolute atomic E-state index is 0.288. The van der Waals surface area contributed by atoms with Crippen molar-refractivity contribution in [3.63, 3.8) is 0 Å². The Balaban J connectivity index is 2.73. The van der Waals surface area contributed by atoms with Crippen LogP contribution in [0.2, 0.25) is 0 Å². The Morgan fingerprint density at radius 2 is 2.33 bits per heavy atom. The van der Waals surface area contributed by atoms with E-state index in [-0.39, 0.29) is 5.41 Å². The molecule has 0 radical (unpaired) electrons. The molecule has 1 aliphatic rings. The van der Waals surface area contributed by atoms with Crippen molar-refractivity contribution >= 4 is 6.29 Å². The SMILES string of the molecule is C=C1CCCC(C)(C)[C@@H]1CC=O. The normalized spacial score (nSPS) is 28.5. The zero-order valence-electron chi connectivity index (χ0n) is 8.10. The van der Waals surface area contributed by atoms with E-state index in [0.29, 0.717) is 12.3 Å². The van der Waals surface area contributed by atoms with Crippen molar-refractivity contribution < 1.29 is 4.79 Å². The summed E-state index contributed by atoms with van der Waals surface area (Å²) in [7, 11) is 0. The van der Waals surface area contributed by atoms with E-state index in [1.165, 1.54) is 18.4 Å². The van der Waals surface area contributed by atoms with Crippen LogP contribution in [0.4, 0.5) is 0 Å². The predicted octanol–water partition coefficient (Wildman–Crippen LogP) is 2.96. The first-order valence-electron chi connectivity index (χ1n) is 4.69. The third-order valence-electron chi connectivity index (χ3n) is 3.09. The highest BCUT2D eigenvalue weighted by atomic mass is 16.1. The van der Waals surface area contributed by atoms with Gasteiger partial charge in [-0.15, -0.1) is 0 Å². The van der Waals surface area contributed by atoms with Crippen LogP contribution in [-0.4, -0.2) is 6.29 Å². The van der Waals surface area contributed by atoms with Crippen LogP contribution in [0.3, 0.4) is 0 Å². The van der Waals surface area contributed by atoms with Gasteiger partial charge in [0, 0.05) is 6.42 Å². The summed E-state index contributed by atoms with van der Waals surface area (Å²) >= 11 is 0. The molecule has 68 valence electrons. The van der Waals surface area contributed by atoms with Gasteiger partial charge in [0.25, 0.3) is 0 Å². The maximum atomic E-state index is 10.5. The molecule has 1 atom stereocenters. The molecule has 0 N–H and O–H groups in total. The monoisotopic (exact) mass is 166 g/mol. The molecule has 0 saturated heterocycles. The zero-order valence-corrected chi connectivity index (χ0v) is 8.10. The van der Waals surface area contributed by atoms with Gasteiger partial charge in [-0.05, 0) is 30.6 Å². The van der Waals surface area contributed by atoms with E-state index in [2.05, 4.69) is 20.4 Å². The average Bonchev–Trinajstić information content (AvgIpc) is 1.97. The fourth-order valence-electron chi connectivity index (χ4n) is 2.25. The topological polar surface area (TPSA) is 17.1 Å². The lowest BCUT2D eigenvalue weighted by Crippen LogP contribution is -2.29. The molecule has 0 aromatic heterocycles. The lowest BCUT2D eigenvalue weighted by Gasteiger charge is -2.39. The van der Waals surface area contributed by atoms with Crippen molar-refractivity contribution in [1.29, 1.82) is 0 Å². The lowest BCUT2D eigenvalue weighted by atomic mass is 9.66. The molecule has 1 fully saturated rings. The first-order valence-corrected chi connectivity index (χ1v) is 4.69. The molecule has 0 amide bonds. The quantitative estimate of drug-likeness (QED) is 0.455. The molecule has 1 saturated carbocycles. The Labute approximate surface area is 74.9 Å². The molecule has 0 aromatic rings. The average molecular weight is 166 g/mol. The largest absolute Gasteiger partial charge is 0.303 e. The van der Waals surface area contributed by atoms with Crippen LogP contribution in [0.25, 0.3) is 0 Å². The standard InChI is InChI=1S/C11H18O/c1-9-5-4-7-11(2,3)10(9)6-8-12/h8,10H,1,4-7H2,2-3H3/t10-/m1/s1. The van der Waals surface area contributed by atoms with Gasteiger partial charge < -0.3 is 4.79 Å². The smallest absolute Gasteiger partial charge is 0.120 e. The number of aldehydes is 1. The summed E-state index contributed by atoms with van der Waals surface area (Å²) < 4.78 is 0. The molecule has 1 aliphatic carbocycles. The minimum atomic E-state index is 0.288. The number of hydrogen-bond donors (Lipinski definition) is 0. The summed E-state index contributed by atoms with van der Waals surface area (Å²) in [6.07, 6.45) is 5.27. The van der Waals surface area contributed by atoms with Crippen molar-refractivity contribution in [2.24, 2.45) is 11.3 Å². The third kappa shape index (κ3) is 1.77. The molecule has 0 aliphatic heterocycles. The maximum Gasteiger partial charge on any atom is 0.120 e. The molecule has 0 aromatic carbocycles. The summed E-state index contributed by atoms with van der Waals surface area (Å²) in [5.74, 6) is 0.420. The second kappa shape index (κ2) is 3.42. The fourth-order valence-corrected chi connectivity index (χ4v) is 2.25. The highest BCUT2D eigenvalue weighted by Gasteiger charge is 2.33. The Morgan fingerprint density at radius 1 is 1.67 bits per heavy atom. The van der Waals surface area contributed by atoms with E-state index in [1.54, 1.807) is 0 Å². The molecule has 1 heteroatoms. The summed E-state index contributed by atoms with van der Waals surface area (Å²) in [4.78, 5) is 10.5. The van der Waals surface area contributed by atoms with Crippen LogP contribution in [0.5, 0.6) is 0 Å². The number of carbonyl (C=O) groups is 1. The van der Waals surface area contributed by atoms with E-state index in [4.69, 9.17) is 0 Å². The highest BCUT2D eigenvalue weighted by Crippen LogP contribution is 2.44. The Hall–Kier alpha value is -0.590. The van der Waals surface area contributed by atoms with Gasteiger partial charge in [0.15, 0.2) is 0 Å². The van der Waals surface area contributed by atoms with Crippen molar-refractivity contribution in [2.45, 2.75) is 39.5 Å². The number of rotatable bonds is 2. The minimum Gasteiger partial charge on any atom is -0.303 e. The van der Waals surface area contributed by atoms with E-state index in [9.17, 15) is 4.79 Å². The molecule has 1 rings (SSSR count). The van der Waals surface area contributed by atoms with E-state index >= 15 is 0 Å². The van der Waals surface area contributed by atoms with Gasteiger partial charge in [0.2, 0.25) is 0 Å². The molecule has 0 heterocycles. The molecular formula is C11H18O. The van der Waals surface area contributed by atoms with Gasteiger partial charge >= 0.3 is 0 Å². The van der Waals surface area contributed by atoms with Crippen LogP contribution in [-0.2, 0) is 4.79 Å². The molecular weight excluding hydrogens is 148 g/mol. The van der Waals surface area contributed by atoms with Gasteiger partial charge in [0.05, 0.1) is 0 Å². The van der Waals surface area contributed by atoms with Gasteiger partial charge in [-0.3, -0.25) is 0 Å². The first-order chi connectivity index (χ1) is 5.58. The van der Waals surface area contributed by atoms with Crippen LogP contribution >= 0.6 is 0 Å². The Kier molecular flexibility index (Phi) is 2.71. The van der Waals surface area contributed by atoms with Crippen molar-refractivity contribution in [3.8, 4) is 0 Å². The van der Waals surface area contributed by atoms with Crippen LogP contribution in [0.15, 0.2) is 12.2 Å². The molecule has 0 bridgehead atoms. The van der Waals surface area contributed by atoms with E-state index in [0.717, 1.165) is 12.7 Å². The number of allylic oxidation sites excluding steroid dienone is 1. The van der Waals surface area contributed by atoms with Crippen LogP contribution in [0.1, 0.15) is 39.5 Å². The van der Waals surface area contributed by atoms with Gasteiger partial charge in [-0.1, -0.05) is 26.0 Å². The van der Waals surface area contributed by atoms with Gasteiger partial charge in [-0.25, -0.2) is 0 Å². The number of carbonyl (C=O) groups excluding carboxylic acids is 1. The predicted molar refractivity (Wildman–Crippen MR) is 50.9 cm³/mol. The van der Waals surface area contributed by atoms with Crippen molar-refractivity contribution in [1.82, 2.24) is 0 Å². The second-order valence-electron chi connectivity index (χ2n) is 4.46. The molecule has 12 heavy (non-hydrogen) atoms. The van der Waals surface area contributed by atoms with Crippen LogP contribution < -0.4 is 0 Å². The van der Waals surface area contributed by atoms with Gasteiger partial charge in [-0.2, -0.15) is 0 Å². The van der Waals surface area contributed by atoms with Gasteiger partial charge in [0.1, 0.15) is 6.29 Å². The second-order valence-corrected chi connectivity index (χ2v) is 4.46. The van der Waals surface area contributed by atoms with E-state index < -0.39 is 0 Å². The lowest BCUT2D eigenvalue weighted by molar-refractivity contribution is -0.109. The zero-order chi connectivity index (χ0) is 9.19. The molecule has 1 nitrogen and oxygen atoms in total. The summed E-state index contributed by atoms with van der Waals surface area (Å²) in [5.41, 5.74) is 1.56. The fraction of sp³-hybridized carbons (Fsp3) is 0.727.